The van der Waals surface area contributed by atoms with E-state index in [-0.39, 0.29) is 17.9 Å². The lowest BCUT2D eigenvalue weighted by molar-refractivity contribution is -0.135. The van der Waals surface area contributed by atoms with Crippen molar-refractivity contribution < 1.29 is 9.53 Å². The molecule has 0 radical (unpaired) electrons. The molecule has 0 saturated carbocycles. The van der Waals surface area contributed by atoms with Crippen molar-refractivity contribution in [2.75, 3.05) is 0 Å². The van der Waals surface area contributed by atoms with Gasteiger partial charge >= 0.3 is 0 Å². The molecule has 6 heteroatoms. The predicted molar refractivity (Wildman–Crippen MR) is 119 cm³/mol. The minimum atomic E-state index is -1.09. The normalized spacial score (nSPS) is 13.3. The van der Waals surface area contributed by atoms with Crippen molar-refractivity contribution in [3.63, 3.8) is 0 Å². The summed E-state index contributed by atoms with van der Waals surface area (Å²) in [6.45, 7) is 5.46. The van der Waals surface area contributed by atoms with Crippen LogP contribution in [0.15, 0.2) is 72.9 Å². The van der Waals surface area contributed by atoms with E-state index in [1.54, 1.807) is 32.2 Å². The van der Waals surface area contributed by atoms with E-state index < -0.39 is 5.60 Å². The number of carbonyl (C=O) groups excluding carboxylic acids is 1. The van der Waals surface area contributed by atoms with Gasteiger partial charge in [0.05, 0.1) is 0 Å². The third kappa shape index (κ3) is 5.80. The number of rotatable bonds is 8. The lowest BCUT2D eigenvalue weighted by Gasteiger charge is -2.30. The fourth-order valence-electron chi connectivity index (χ4n) is 3.29. The van der Waals surface area contributed by atoms with E-state index in [1.807, 2.05) is 49.4 Å². The van der Waals surface area contributed by atoms with Crippen LogP contribution in [0.2, 0.25) is 5.02 Å². The highest BCUT2D eigenvalue weighted by atomic mass is 35.5. The Morgan fingerprint density at radius 2 is 1.77 bits per heavy atom. The minimum Gasteiger partial charge on any atom is -0.460 e. The van der Waals surface area contributed by atoms with Gasteiger partial charge in [-0.05, 0) is 56.5 Å². The van der Waals surface area contributed by atoms with E-state index in [9.17, 15) is 4.79 Å². The third-order valence-corrected chi connectivity index (χ3v) is 5.27. The summed E-state index contributed by atoms with van der Waals surface area (Å²) in [6, 6.07) is 21.3. The molecule has 2 aromatic carbocycles. The van der Waals surface area contributed by atoms with Gasteiger partial charge in [-0.15, -0.1) is 5.10 Å². The fraction of sp³-hybridized carbons (Fsp3) is 0.292. The van der Waals surface area contributed by atoms with Crippen LogP contribution in [0.25, 0.3) is 0 Å². The van der Waals surface area contributed by atoms with Crippen LogP contribution >= 0.6 is 11.6 Å². The van der Waals surface area contributed by atoms with Crippen molar-refractivity contribution in [2.24, 2.45) is 0 Å². The molecule has 1 heterocycles. The van der Waals surface area contributed by atoms with Crippen molar-refractivity contribution in [3.05, 3.63) is 89.1 Å². The molecule has 1 amide bonds. The Bertz CT molecular complexity index is 947. The highest BCUT2D eigenvalue weighted by Gasteiger charge is 2.33. The average Bonchev–Trinajstić information content (AvgIpc) is 2.74. The molecule has 156 valence electrons. The molecule has 2 unspecified atom stereocenters. The van der Waals surface area contributed by atoms with Crippen LogP contribution in [0.1, 0.15) is 37.8 Å². The number of hydrogen-bond donors (Lipinski definition) is 1. The molecule has 30 heavy (non-hydrogen) atoms. The maximum atomic E-state index is 13.0. The molecule has 0 saturated heterocycles. The first-order valence-electron chi connectivity index (χ1n) is 9.92. The Labute approximate surface area is 182 Å². The summed E-state index contributed by atoms with van der Waals surface area (Å²) in [5.74, 6) is 0.187. The number of carbonyl (C=O) groups is 1. The van der Waals surface area contributed by atoms with Gasteiger partial charge in [0.25, 0.3) is 5.91 Å². The summed E-state index contributed by atoms with van der Waals surface area (Å²) >= 11 is 6.03. The molecule has 1 aromatic heterocycles. The summed E-state index contributed by atoms with van der Waals surface area (Å²) in [5, 5.41) is 11.5. The van der Waals surface area contributed by atoms with Gasteiger partial charge in [0.15, 0.2) is 5.60 Å². The SMILES string of the molecule is CC(NC(=O)C(C)(C)Oc1cccnn1)C(Cc1ccc(Cl)cc1)c1ccccc1. The van der Waals surface area contributed by atoms with Gasteiger partial charge in [0.1, 0.15) is 0 Å². The number of halogens is 1. The van der Waals surface area contributed by atoms with Gasteiger partial charge in [-0.3, -0.25) is 4.79 Å². The van der Waals surface area contributed by atoms with Gasteiger partial charge in [-0.1, -0.05) is 54.1 Å². The monoisotopic (exact) mass is 423 g/mol. The maximum absolute atomic E-state index is 13.0. The van der Waals surface area contributed by atoms with Crippen LogP contribution in [0.5, 0.6) is 5.88 Å². The number of ether oxygens (including phenoxy) is 1. The molecular weight excluding hydrogens is 398 g/mol. The van der Waals surface area contributed by atoms with Gasteiger partial charge < -0.3 is 10.1 Å². The Balaban J connectivity index is 1.76. The number of hydrogen-bond acceptors (Lipinski definition) is 4. The zero-order chi connectivity index (χ0) is 21.6. The lowest BCUT2D eigenvalue weighted by Crippen LogP contribution is -2.51. The standard InChI is InChI=1S/C24H26ClN3O2/c1-17(27-23(29)24(2,3)30-22-10-7-15-26-28-22)21(19-8-5-4-6-9-19)16-18-11-13-20(25)14-12-18/h4-15,17,21H,16H2,1-3H3,(H,27,29). The molecule has 5 nitrogen and oxygen atoms in total. The lowest BCUT2D eigenvalue weighted by atomic mass is 9.86. The maximum Gasteiger partial charge on any atom is 0.263 e. The molecule has 0 aliphatic rings. The Kier molecular flexibility index (Phi) is 7.06. The van der Waals surface area contributed by atoms with Crippen molar-refractivity contribution in [1.29, 1.82) is 0 Å². The first-order chi connectivity index (χ1) is 14.3. The number of benzene rings is 2. The summed E-state index contributed by atoms with van der Waals surface area (Å²) in [7, 11) is 0. The Morgan fingerprint density at radius 1 is 1.07 bits per heavy atom. The zero-order valence-corrected chi connectivity index (χ0v) is 18.1. The topological polar surface area (TPSA) is 64.1 Å². The minimum absolute atomic E-state index is 0.0867. The van der Waals surface area contributed by atoms with Gasteiger partial charge in [0.2, 0.25) is 5.88 Å². The van der Waals surface area contributed by atoms with Crippen LogP contribution in [-0.2, 0) is 11.2 Å². The van der Waals surface area contributed by atoms with Crippen molar-refractivity contribution in [3.8, 4) is 5.88 Å². The molecule has 3 aromatic rings. The van der Waals surface area contributed by atoms with E-state index in [0.717, 1.165) is 17.5 Å². The summed E-state index contributed by atoms with van der Waals surface area (Å²) in [4.78, 5) is 13.0. The van der Waals surface area contributed by atoms with E-state index in [2.05, 4.69) is 27.6 Å². The second kappa shape index (κ2) is 9.72. The Hall–Kier alpha value is -2.92. The largest absolute Gasteiger partial charge is 0.460 e. The van der Waals surface area contributed by atoms with Crippen molar-refractivity contribution >= 4 is 17.5 Å². The molecule has 0 aliphatic carbocycles. The third-order valence-electron chi connectivity index (χ3n) is 5.01. The molecule has 0 spiro atoms. The number of nitrogens with one attached hydrogen (secondary N) is 1. The molecular formula is C24H26ClN3O2. The smallest absolute Gasteiger partial charge is 0.263 e. The van der Waals surface area contributed by atoms with Crippen LogP contribution < -0.4 is 10.1 Å². The number of amides is 1. The van der Waals surface area contributed by atoms with Crippen LogP contribution in [0.3, 0.4) is 0 Å². The van der Waals surface area contributed by atoms with Gasteiger partial charge in [-0.2, -0.15) is 5.10 Å². The van der Waals surface area contributed by atoms with Crippen LogP contribution in [0.4, 0.5) is 0 Å². The van der Waals surface area contributed by atoms with Crippen molar-refractivity contribution in [2.45, 2.75) is 44.8 Å². The average molecular weight is 424 g/mol. The molecule has 3 rings (SSSR count). The second-order valence-corrected chi connectivity index (χ2v) is 8.22. The van der Waals surface area contributed by atoms with Crippen LogP contribution in [-0.4, -0.2) is 27.7 Å². The highest BCUT2D eigenvalue weighted by molar-refractivity contribution is 6.30. The van der Waals surface area contributed by atoms with Crippen molar-refractivity contribution in [1.82, 2.24) is 15.5 Å². The summed E-state index contributed by atoms with van der Waals surface area (Å²) in [5.41, 5.74) is 1.23. The fourth-order valence-corrected chi connectivity index (χ4v) is 3.41. The molecule has 0 bridgehead atoms. The molecule has 2 atom stereocenters. The van der Waals surface area contributed by atoms with E-state index in [1.165, 1.54) is 0 Å². The van der Waals surface area contributed by atoms with Gasteiger partial charge in [0, 0.05) is 29.2 Å². The van der Waals surface area contributed by atoms with E-state index in [4.69, 9.17) is 16.3 Å². The van der Waals surface area contributed by atoms with E-state index >= 15 is 0 Å². The summed E-state index contributed by atoms with van der Waals surface area (Å²) in [6.07, 6.45) is 2.33. The second-order valence-electron chi connectivity index (χ2n) is 7.78. The molecule has 0 aliphatic heterocycles. The van der Waals surface area contributed by atoms with Gasteiger partial charge in [-0.25, -0.2) is 0 Å². The zero-order valence-electron chi connectivity index (χ0n) is 17.4. The van der Waals surface area contributed by atoms with Crippen LogP contribution in [0, 0.1) is 0 Å². The first kappa shape index (κ1) is 21.8. The molecule has 1 N–H and O–H groups in total. The summed E-state index contributed by atoms with van der Waals surface area (Å²) < 4.78 is 5.78. The highest BCUT2D eigenvalue weighted by Crippen LogP contribution is 2.26. The first-order valence-corrected chi connectivity index (χ1v) is 10.3. The number of nitrogens with zero attached hydrogens (tertiary/aromatic N) is 2. The number of aromatic nitrogens is 2. The molecule has 0 fully saturated rings. The predicted octanol–water partition coefficient (Wildman–Crippen LogP) is 4.82. The van der Waals surface area contributed by atoms with E-state index in [0.29, 0.717) is 10.9 Å². The quantitative estimate of drug-likeness (QED) is 0.564. The Morgan fingerprint density at radius 3 is 2.40 bits per heavy atom.